The predicted molar refractivity (Wildman–Crippen MR) is 92.6 cm³/mol. The minimum Gasteiger partial charge on any atom is -0.482 e. The lowest BCUT2D eigenvalue weighted by molar-refractivity contribution is -0.118. The van der Waals surface area contributed by atoms with Gasteiger partial charge >= 0.3 is 0 Å². The molecule has 2 N–H and O–H groups in total. The van der Waals surface area contributed by atoms with Crippen molar-refractivity contribution in [2.45, 2.75) is 0 Å². The number of para-hydroxylation sites is 1. The zero-order chi connectivity index (χ0) is 16.9. The van der Waals surface area contributed by atoms with Gasteiger partial charge < -0.3 is 20.3 Å². The number of anilines is 2. The van der Waals surface area contributed by atoms with Crippen molar-refractivity contribution in [3.63, 3.8) is 0 Å². The molecule has 0 bridgehead atoms. The summed E-state index contributed by atoms with van der Waals surface area (Å²) in [5.74, 6) is 0.159. The Labute approximate surface area is 140 Å². The lowest BCUT2D eigenvalue weighted by Crippen LogP contribution is -2.33. The van der Waals surface area contributed by atoms with Crippen LogP contribution in [0.15, 0.2) is 48.5 Å². The number of nitrogens with zero attached hydrogens (tertiary/aromatic N) is 1. The summed E-state index contributed by atoms with van der Waals surface area (Å²) in [6.07, 6.45) is 0. The van der Waals surface area contributed by atoms with Gasteiger partial charge in [0.25, 0.3) is 11.8 Å². The molecule has 0 spiro atoms. The van der Waals surface area contributed by atoms with Crippen LogP contribution in [0.25, 0.3) is 0 Å². The molecule has 0 aliphatic carbocycles. The molecule has 124 valence electrons. The number of fused-ring (bicyclic) bond motifs is 1. The lowest BCUT2D eigenvalue weighted by atomic mass is 10.1. The van der Waals surface area contributed by atoms with E-state index in [9.17, 15) is 9.59 Å². The Kier molecular flexibility index (Phi) is 4.65. The van der Waals surface area contributed by atoms with Gasteiger partial charge in [0, 0.05) is 31.4 Å². The van der Waals surface area contributed by atoms with Crippen LogP contribution >= 0.6 is 0 Å². The summed E-state index contributed by atoms with van der Waals surface area (Å²) in [5.41, 5.74) is 2.20. The molecule has 3 rings (SSSR count). The molecular weight excluding hydrogens is 306 g/mol. The Morgan fingerprint density at radius 2 is 2.04 bits per heavy atom. The first-order chi connectivity index (χ1) is 11.6. The number of hydrogen-bond donors (Lipinski definition) is 2. The lowest BCUT2D eigenvalue weighted by Gasteiger charge is -2.20. The molecule has 0 unspecified atom stereocenters. The molecule has 6 nitrogen and oxygen atoms in total. The molecule has 0 saturated carbocycles. The van der Waals surface area contributed by atoms with Crippen molar-refractivity contribution in [2.24, 2.45) is 0 Å². The quantitative estimate of drug-likeness (QED) is 0.881. The summed E-state index contributed by atoms with van der Waals surface area (Å²) in [5, 5.41) is 5.59. The maximum Gasteiger partial charge on any atom is 0.262 e. The highest BCUT2D eigenvalue weighted by atomic mass is 16.5. The van der Waals surface area contributed by atoms with Crippen molar-refractivity contribution in [3.05, 3.63) is 54.1 Å². The summed E-state index contributed by atoms with van der Waals surface area (Å²) < 4.78 is 5.33. The maximum atomic E-state index is 12.2. The van der Waals surface area contributed by atoms with Gasteiger partial charge in [-0.05, 0) is 30.3 Å². The number of benzene rings is 2. The van der Waals surface area contributed by atoms with Gasteiger partial charge in [0.15, 0.2) is 6.61 Å². The molecule has 24 heavy (non-hydrogen) atoms. The zero-order valence-electron chi connectivity index (χ0n) is 13.4. The third-order valence-electron chi connectivity index (χ3n) is 3.81. The number of amides is 2. The van der Waals surface area contributed by atoms with Crippen LogP contribution in [0.5, 0.6) is 5.75 Å². The first-order valence-electron chi connectivity index (χ1n) is 7.74. The van der Waals surface area contributed by atoms with Gasteiger partial charge in [-0.3, -0.25) is 9.59 Å². The molecule has 1 aliphatic rings. The van der Waals surface area contributed by atoms with Gasteiger partial charge in [-0.15, -0.1) is 0 Å². The van der Waals surface area contributed by atoms with Gasteiger partial charge in [0.05, 0.1) is 5.69 Å². The molecular formula is C18H19N3O3. The highest BCUT2D eigenvalue weighted by Crippen LogP contribution is 2.28. The first kappa shape index (κ1) is 15.9. The van der Waals surface area contributed by atoms with Crippen molar-refractivity contribution in [1.82, 2.24) is 5.32 Å². The van der Waals surface area contributed by atoms with E-state index in [2.05, 4.69) is 15.5 Å². The van der Waals surface area contributed by atoms with E-state index in [0.717, 1.165) is 5.69 Å². The molecule has 0 radical (unpaired) electrons. The first-order valence-corrected chi connectivity index (χ1v) is 7.74. The van der Waals surface area contributed by atoms with Gasteiger partial charge in [-0.1, -0.05) is 18.2 Å². The van der Waals surface area contributed by atoms with Crippen LogP contribution in [0.1, 0.15) is 10.4 Å². The Balaban J connectivity index is 1.55. The monoisotopic (exact) mass is 325 g/mol. The third kappa shape index (κ3) is 3.65. The van der Waals surface area contributed by atoms with E-state index in [-0.39, 0.29) is 18.4 Å². The smallest absolute Gasteiger partial charge is 0.262 e. The summed E-state index contributed by atoms with van der Waals surface area (Å²) in [6, 6.07) is 15.0. The molecule has 1 heterocycles. The topological polar surface area (TPSA) is 70.7 Å². The number of nitrogens with one attached hydrogen (secondary N) is 2. The second-order valence-corrected chi connectivity index (χ2v) is 5.56. The standard InChI is InChI=1S/C18H19N3O3/c1-21(14-5-3-2-4-6-14)10-9-19-18(23)13-7-8-15-16(11-13)24-12-17(22)20-15/h2-8,11H,9-10,12H2,1H3,(H,19,23)(H,20,22). The van der Waals surface area contributed by atoms with Crippen molar-refractivity contribution in [3.8, 4) is 5.75 Å². The van der Waals surface area contributed by atoms with Crippen LogP contribution in [0.4, 0.5) is 11.4 Å². The second kappa shape index (κ2) is 7.04. The van der Waals surface area contributed by atoms with Gasteiger partial charge in [-0.25, -0.2) is 0 Å². The molecule has 0 aromatic heterocycles. The van der Waals surface area contributed by atoms with Gasteiger partial charge in [0.2, 0.25) is 0 Å². The highest BCUT2D eigenvalue weighted by molar-refractivity contribution is 5.98. The second-order valence-electron chi connectivity index (χ2n) is 5.56. The van der Waals surface area contributed by atoms with Crippen LogP contribution in [0, 0.1) is 0 Å². The Morgan fingerprint density at radius 3 is 2.83 bits per heavy atom. The van der Waals surface area contributed by atoms with Crippen LogP contribution in [-0.4, -0.2) is 38.6 Å². The maximum absolute atomic E-state index is 12.2. The van der Waals surface area contributed by atoms with Crippen molar-refractivity contribution < 1.29 is 14.3 Å². The Bertz CT molecular complexity index is 746. The van der Waals surface area contributed by atoms with E-state index in [1.165, 1.54) is 0 Å². The molecule has 2 aromatic rings. The van der Waals surface area contributed by atoms with Crippen LogP contribution in [-0.2, 0) is 4.79 Å². The Morgan fingerprint density at radius 1 is 1.25 bits per heavy atom. The zero-order valence-corrected chi connectivity index (χ0v) is 13.4. The number of carbonyl (C=O) groups excluding carboxylic acids is 2. The molecule has 2 aromatic carbocycles. The van der Waals surface area contributed by atoms with Crippen molar-refractivity contribution in [2.75, 3.05) is 37.0 Å². The third-order valence-corrected chi connectivity index (χ3v) is 3.81. The van der Waals surface area contributed by atoms with E-state index in [4.69, 9.17) is 4.74 Å². The van der Waals surface area contributed by atoms with E-state index < -0.39 is 0 Å². The molecule has 2 amide bonds. The predicted octanol–water partition coefficient (Wildman–Crippen LogP) is 1.88. The van der Waals surface area contributed by atoms with Crippen LogP contribution < -0.4 is 20.3 Å². The molecule has 0 fully saturated rings. The fraction of sp³-hybridized carbons (Fsp3) is 0.222. The van der Waals surface area contributed by atoms with Crippen molar-refractivity contribution >= 4 is 23.2 Å². The Hall–Kier alpha value is -3.02. The number of rotatable bonds is 5. The van der Waals surface area contributed by atoms with Crippen molar-refractivity contribution in [1.29, 1.82) is 0 Å². The normalized spacial score (nSPS) is 12.6. The number of hydrogen-bond acceptors (Lipinski definition) is 4. The largest absolute Gasteiger partial charge is 0.482 e. The minimum atomic E-state index is -0.191. The van der Waals surface area contributed by atoms with Gasteiger partial charge in [0.1, 0.15) is 5.75 Å². The van der Waals surface area contributed by atoms with Gasteiger partial charge in [-0.2, -0.15) is 0 Å². The average molecular weight is 325 g/mol. The fourth-order valence-electron chi connectivity index (χ4n) is 2.47. The highest BCUT2D eigenvalue weighted by Gasteiger charge is 2.17. The average Bonchev–Trinajstić information content (AvgIpc) is 2.61. The molecule has 6 heteroatoms. The van der Waals surface area contributed by atoms with E-state index in [1.807, 2.05) is 37.4 Å². The van der Waals surface area contributed by atoms with E-state index in [1.54, 1.807) is 18.2 Å². The number of likely N-dealkylation sites (N-methyl/N-ethyl adjacent to an activating group) is 1. The number of ether oxygens (including phenoxy) is 1. The van der Waals surface area contributed by atoms with E-state index >= 15 is 0 Å². The molecule has 0 saturated heterocycles. The number of carbonyl (C=O) groups is 2. The fourth-order valence-corrected chi connectivity index (χ4v) is 2.47. The molecule has 1 aliphatic heterocycles. The molecule has 0 atom stereocenters. The summed E-state index contributed by atoms with van der Waals surface area (Å²) in [6.45, 7) is 1.20. The summed E-state index contributed by atoms with van der Waals surface area (Å²) in [7, 11) is 1.98. The van der Waals surface area contributed by atoms with Crippen LogP contribution in [0.3, 0.4) is 0 Å². The summed E-state index contributed by atoms with van der Waals surface area (Å²) in [4.78, 5) is 25.6. The summed E-state index contributed by atoms with van der Waals surface area (Å²) >= 11 is 0. The SMILES string of the molecule is CN(CCNC(=O)c1ccc2c(c1)OCC(=O)N2)c1ccccc1. The van der Waals surface area contributed by atoms with Crippen LogP contribution in [0.2, 0.25) is 0 Å². The minimum absolute atomic E-state index is 0.0278. The van der Waals surface area contributed by atoms with E-state index in [0.29, 0.717) is 30.1 Å².